The second-order valence-corrected chi connectivity index (χ2v) is 6.31. The van der Waals surface area contributed by atoms with Gasteiger partial charge in [-0.15, -0.1) is 0 Å². The lowest BCUT2D eigenvalue weighted by Gasteiger charge is -2.29. The quantitative estimate of drug-likeness (QED) is 0.629. The third kappa shape index (κ3) is 3.94. The van der Waals surface area contributed by atoms with Gasteiger partial charge >= 0.3 is 11.9 Å². The largest absolute Gasteiger partial charge is 0.485 e. The van der Waals surface area contributed by atoms with Crippen LogP contribution in [0.2, 0.25) is 0 Å². The summed E-state index contributed by atoms with van der Waals surface area (Å²) in [5.41, 5.74) is 0.575. The summed E-state index contributed by atoms with van der Waals surface area (Å²) in [6.45, 7) is 9.44. The monoisotopic (exact) mass is 322 g/mol. The highest BCUT2D eigenvalue weighted by Crippen LogP contribution is 2.42. The standard InChI is InChI=1S/C17H22O6/c1-6-20-16(19)15-9-21-13-7-11(17(3,4)5)12(22-10(2)18)8-14(13)23-15/h7-8,15H,6,9H2,1-5H3. The van der Waals surface area contributed by atoms with E-state index in [0.717, 1.165) is 5.56 Å². The summed E-state index contributed by atoms with van der Waals surface area (Å²) >= 11 is 0. The maximum atomic E-state index is 11.8. The van der Waals surface area contributed by atoms with Gasteiger partial charge in [0.2, 0.25) is 6.10 Å². The van der Waals surface area contributed by atoms with Gasteiger partial charge < -0.3 is 18.9 Å². The average Bonchev–Trinajstić information content (AvgIpc) is 2.44. The Balaban J connectivity index is 2.37. The van der Waals surface area contributed by atoms with Crippen molar-refractivity contribution in [3.8, 4) is 17.2 Å². The Morgan fingerprint density at radius 3 is 2.52 bits per heavy atom. The third-order valence-electron chi connectivity index (χ3n) is 3.32. The van der Waals surface area contributed by atoms with Gasteiger partial charge in [0.15, 0.2) is 11.5 Å². The number of hydrogen-bond donors (Lipinski definition) is 0. The lowest BCUT2D eigenvalue weighted by atomic mass is 9.86. The fourth-order valence-electron chi connectivity index (χ4n) is 2.28. The maximum Gasteiger partial charge on any atom is 0.350 e. The molecule has 0 saturated heterocycles. The summed E-state index contributed by atoms with van der Waals surface area (Å²) in [4.78, 5) is 23.1. The number of esters is 2. The van der Waals surface area contributed by atoms with Crippen LogP contribution in [0.1, 0.15) is 40.2 Å². The second kappa shape index (κ2) is 6.48. The van der Waals surface area contributed by atoms with E-state index in [1.54, 1.807) is 19.1 Å². The molecule has 0 radical (unpaired) electrons. The Kier molecular flexibility index (Phi) is 4.82. The van der Waals surface area contributed by atoms with Crippen LogP contribution in [-0.4, -0.2) is 31.3 Å². The highest BCUT2D eigenvalue weighted by molar-refractivity contribution is 5.76. The molecule has 6 heteroatoms. The summed E-state index contributed by atoms with van der Waals surface area (Å²) in [6.07, 6.45) is -0.826. The molecule has 0 spiro atoms. The zero-order chi connectivity index (χ0) is 17.2. The van der Waals surface area contributed by atoms with Crippen LogP contribution < -0.4 is 14.2 Å². The van der Waals surface area contributed by atoms with Gasteiger partial charge in [0.1, 0.15) is 12.4 Å². The van der Waals surface area contributed by atoms with Gasteiger partial charge in [0, 0.05) is 18.6 Å². The number of benzene rings is 1. The molecule has 2 rings (SSSR count). The average molecular weight is 322 g/mol. The topological polar surface area (TPSA) is 71.1 Å². The second-order valence-electron chi connectivity index (χ2n) is 6.31. The Bertz CT molecular complexity index is 614. The molecule has 0 N–H and O–H groups in total. The van der Waals surface area contributed by atoms with Gasteiger partial charge in [-0.2, -0.15) is 0 Å². The van der Waals surface area contributed by atoms with E-state index in [1.807, 2.05) is 20.8 Å². The number of rotatable bonds is 3. The van der Waals surface area contributed by atoms with E-state index < -0.39 is 18.0 Å². The van der Waals surface area contributed by atoms with E-state index in [1.165, 1.54) is 6.92 Å². The van der Waals surface area contributed by atoms with Crippen LogP contribution in [0.4, 0.5) is 0 Å². The number of hydrogen-bond acceptors (Lipinski definition) is 6. The third-order valence-corrected chi connectivity index (χ3v) is 3.32. The van der Waals surface area contributed by atoms with Crippen LogP contribution in [0, 0.1) is 0 Å². The lowest BCUT2D eigenvalue weighted by molar-refractivity contribution is -0.154. The zero-order valence-corrected chi connectivity index (χ0v) is 14.1. The van der Waals surface area contributed by atoms with Gasteiger partial charge in [-0.05, 0) is 18.4 Å². The van der Waals surface area contributed by atoms with Crippen LogP contribution in [0.15, 0.2) is 12.1 Å². The zero-order valence-electron chi connectivity index (χ0n) is 14.1. The van der Waals surface area contributed by atoms with E-state index in [4.69, 9.17) is 18.9 Å². The smallest absolute Gasteiger partial charge is 0.350 e. The molecule has 0 fully saturated rings. The van der Waals surface area contributed by atoms with E-state index in [9.17, 15) is 9.59 Å². The van der Waals surface area contributed by atoms with E-state index in [2.05, 4.69) is 0 Å². The number of ether oxygens (including phenoxy) is 4. The van der Waals surface area contributed by atoms with Gasteiger partial charge in [-0.1, -0.05) is 20.8 Å². The van der Waals surface area contributed by atoms with Crippen LogP contribution in [0.25, 0.3) is 0 Å². The molecular weight excluding hydrogens is 300 g/mol. The molecule has 1 heterocycles. The molecule has 0 amide bonds. The summed E-state index contributed by atoms with van der Waals surface area (Å²) < 4.78 is 21.5. The molecule has 1 aliphatic heterocycles. The van der Waals surface area contributed by atoms with Crippen LogP contribution in [0.3, 0.4) is 0 Å². The normalized spacial score (nSPS) is 16.7. The molecule has 0 bridgehead atoms. The minimum Gasteiger partial charge on any atom is -0.485 e. The Morgan fingerprint density at radius 1 is 1.26 bits per heavy atom. The lowest BCUT2D eigenvalue weighted by Crippen LogP contribution is -2.38. The van der Waals surface area contributed by atoms with Crippen LogP contribution in [-0.2, 0) is 19.7 Å². The summed E-state index contributed by atoms with van der Waals surface area (Å²) in [5.74, 6) is 0.378. The highest BCUT2D eigenvalue weighted by Gasteiger charge is 2.31. The first-order valence-electron chi connectivity index (χ1n) is 7.55. The van der Waals surface area contributed by atoms with Gasteiger partial charge in [-0.3, -0.25) is 4.79 Å². The molecule has 6 nitrogen and oxygen atoms in total. The fourth-order valence-corrected chi connectivity index (χ4v) is 2.28. The molecule has 0 saturated carbocycles. The van der Waals surface area contributed by atoms with Crippen molar-refractivity contribution in [1.82, 2.24) is 0 Å². The first kappa shape index (κ1) is 17.1. The minimum absolute atomic E-state index is 0.0856. The van der Waals surface area contributed by atoms with Crippen molar-refractivity contribution >= 4 is 11.9 Å². The minimum atomic E-state index is -0.826. The molecule has 1 atom stereocenters. The Morgan fingerprint density at radius 2 is 1.96 bits per heavy atom. The molecule has 126 valence electrons. The first-order chi connectivity index (χ1) is 10.7. The molecule has 0 aromatic heterocycles. The molecular formula is C17H22O6. The molecule has 1 aromatic carbocycles. The first-order valence-corrected chi connectivity index (χ1v) is 7.55. The van der Waals surface area contributed by atoms with Crippen molar-refractivity contribution in [1.29, 1.82) is 0 Å². The van der Waals surface area contributed by atoms with Crippen molar-refractivity contribution < 1.29 is 28.5 Å². The van der Waals surface area contributed by atoms with Crippen molar-refractivity contribution in [2.45, 2.75) is 46.1 Å². The molecule has 1 aromatic rings. The van der Waals surface area contributed by atoms with Crippen LogP contribution in [0.5, 0.6) is 17.2 Å². The Hall–Kier alpha value is -2.24. The van der Waals surface area contributed by atoms with Crippen molar-refractivity contribution in [3.63, 3.8) is 0 Å². The SMILES string of the molecule is CCOC(=O)C1COc2cc(C(C)(C)C)c(OC(C)=O)cc2O1. The molecule has 1 unspecified atom stereocenters. The summed E-state index contributed by atoms with van der Waals surface area (Å²) in [7, 11) is 0. The van der Waals surface area contributed by atoms with Crippen molar-refractivity contribution in [2.75, 3.05) is 13.2 Å². The molecule has 1 aliphatic rings. The van der Waals surface area contributed by atoms with E-state index in [-0.39, 0.29) is 18.6 Å². The van der Waals surface area contributed by atoms with Crippen molar-refractivity contribution in [2.24, 2.45) is 0 Å². The maximum absolute atomic E-state index is 11.8. The highest BCUT2D eigenvalue weighted by atomic mass is 16.6. The van der Waals surface area contributed by atoms with Crippen LogP contribution >= 0.6 is 0 Å². The van der Waals surface area contributed by atoms with Gasteiger partial charge in [0.05, 0.1) is 6.61 Å². The molecule has 23 heavy (non-hydrogen) atoms. The number of fused-ring (bicyclic) bond motifs is 1. The van der Waals surface area contributed by atoms with E-state index in [0.29, 0.717) is 17.2 Å². The van der Waals surface area contributed by atoms with Gasteiger partial charge in [-0.25, -0.2) is 4.79 Å². The fraction of sp³-hybridized carbons (Fsp3) is 0.529. The van der Waals surface area contributed by atoms with E-state index >= 15 is 0 Å². The molecule has 0 aliphatic carbocycles. The Labute approximate surface area is 135 Å². The summed E-state index contributed by atoms with van der Waals surface area (Å²) in [6, 6.07) is 3.37. The number of carbonyl (C=O) groups excluding carboxylic acids is 2. The van der Waals surface area contributed by atoms with Gasteiger partial charge in [0.25, 0.3) is 0 Å². The summed E-state index contributed by atoms with van der Waals surface area (Å²) in [5, 5.41) is 0. The predicted octanol–water partition coefficient (Wildman–Crippen LogP) is 2.61. The number of carbonyl (C=O) groups is 2. The predicted molar refractivity (Wildman–Crippen MR) is 83.0 cm³/mol. The van der Waals surface area contributed by atoms with Crippen molar-refractivity contribution in [3.05, 3.63) is 17.7 Å².